The third-order valence-electron chi connectivity index (χ3n) is 3.37. The van der Waals surface area contributed by atoms with Crippen LogP contribution in [-0.4, -0.2) is 30.5 Å². The number of unbranched alkanes of at least 4 members (excludes halogenated alkanes) is 3. The first-order valence-corrected chi connectivity index (χ1v) is 7.49. The Balaban J connectivity index is 2.65. The first-order valence-electron chi connectivity index (χ1n) is 7.12. The highest BCUT2D eigenvalue weighted by atomic mass is 35.5. The van der Waals surface area contributed by atoms with Gasteiger partial charge in [-0.15, -0.1) is 0 Å². The summed E-state index contributed by atoms with van der Waals surface area (Å²) in [5.41, 5.74) is 1.08. The van der Waals surface area contributed by atoms with Crippen molar-refractivity contribution in [2.45, 2.75) is 51.6 Å². The highest BCUT2D eigenvalue weighted by molar-refractivity contribution is 6.31. The van der Waals surface area contributed by atoms with E-state index in [1.165, 1.54) is 25.7 Å². The fourth-order valence-corrected chi connectivity index (χ4v) is 2.54. The van der Waals surface area contributed by atoms with Crippen LogP contribution in [0.15, 0.2) is 6.20 Å². The van der Waals surface area contributed by atoms with Gasteiger partial charge in [-0.3, -0.25) is 4.68 Å². The van der Waals surface area contributed by atoms with Crippen LogP contribution >= 0.6 is 11.6 Å². The number of hydrogen-bond acceptors (Lipinski definition) is 3. The normalized spacial score (nSPS) is 12.8. The van der Waals surface area contributed by atoms with Gasteiger partial charge in [-0.1, -0.05) is 44.2 Å². The lowest BCUT2D eigenvalue weighted by molar-refractivity contribution is 0.181. The second-order valence-electron chi connectivity index (χ2n) is 4.78. The van der Waals surface area contributed by atoms with Gasteiger partial charge in [0.05, 0.1) is 36.1 Å². The molecule has 0 saturated carbocycles. The average molecular weight is 288 g/mol. The van der Waals surface area contributed by atoms with Gasteiger partial charge in [0.2, 0.25) is 0 Å². The molecule has 1 aromatic rings. The number of hydrogen-bond donors (Lipinski definition) is 1. The van der Waals surface area contributed by atoms with Crippen LogP contribution in [0.1, 0.15) is 50.8 Å². The fraction of sp³-hybridized carbons (Fsp3) is 0.786. The van der Waals surface area contributed by atoms with Crippen LogP contribution in [0, 0.1) is 0 Å². The predicted molar refractivity (Wildman–Crippen MR) is 79.7 cm³/mol. The summed E-state index contributed by atoms with van der Waals surface area (Å²) in [6.07, 6.45) is 7.87. The first kappa shape index (κ1) is 16.5. The minimum Gasteiger partial charge on any atom is -0.383 e. The van der Waals surface area contributed by atoms with Gasteiger partial charge in [-0.05, 0) is 13.5 Å². The second-order valence-corrected chi connectivity index (χ2v) is 5.19. The summed E-state index contributed by atoms with van der Waals surface area (Å²) in [6, 6.07) is 0.267. The van der Waals surface area contributed by atoms with Gasteiger partial charge >= 0.3 is 0 Å². The zero-order valence-corrected chi connectivity index (χ0v) is 13.0. The Labute approximate surface area is 121 Å². The molecule has 0 aliphatic carbocycles. The molecule has 1 unspecified atom stereocenters. The van der Waals surface area contributed by atoms with Gasteiger partial charge in [0.1, 0.15) is 0 Å². The minimum absolute atomic E-state index is 0.267. The molecule has 0 spiro atoms. The molecular formula is C14H26ClN3O. The van der Waals surface area contributed by atoms with E-state index in [9.17, 15) is 0 Å². The number of halogens is 1. The molecule has 19 heavy (non-hydrogen) atoms. The topological polar surface area (TPSA) is 39.1 Å². The predicted octanol–water partition coefficient (Wildman–Crippen LogP) is 3.41. The molecule has 0 bridgehead atoms. The van der Waals surface area contributed by atoms with Crippen molar-refractivity contribution in [3.63, 3.8) is 0 Å². The summed E-state index contributed by atoms with van der Waals surface area (Å²) in [7, 11) is 3.68. The highest BCUT2D eigenvalue weighted by Gasteiger charge is 2.18. The summed E-state index contributed by atoms with van der Waals surface area (Å²) in [5, 5.41) is 8.43. The van der Waals surface area contributed by atoms with Crippen molar-refractivity contribution < 1.29 is 4.74 Å². The van der Waals surface area contributed by atoms with E-state index in [-0.39, 0.29) is 6.04 Å². The molecule has 1 N–H and O–H groups in total. The Morgan fingerprint density at radius 2 is 2.21 bits per heavy atom. The molecule has 1 heterocycles. The summed E-state index contributed by atoms with van der Waals surface area (Å²) in [4.78, 5) is 0. The van der Waals surface area contributed by atoms with Crippen molar-refractivity contribution in [2.24, 2.45) is 0 Å². The van der Waals surface area contributed by atoms with Crippen LogP contribution < -0.4 is 5.32 Å². The third kappa shape index (κ3) is 5.13. The van der Waals surface area contributed by atoms with Crippen LogP contribution in [0.2, 0.25) is 5.02 Å². The number of aromatic nitrogens is 2. The molecule has 4 nitrogen and oxygen atoms in total. The lowest BCUT2D eigenvalue weighted by atomic mass is 10.0. The van der Waals surface area contributed by atoms with Gasteiger partial charge < -0.3 is 10.1 Å². The summed E-state index contributed by atoms with van der Waals surface area (Å²) in [5.74, 6) is 0. The molecule has 0 amide bonds. The van der Waals surface area contributed by atoms with Crippen molar-refractivity contribution in [1.29, 1.82) is 0 Å². The molecule has 1 aromatic heterocycles. The average Bonchev–Trinajstić information content (AvgIpc) is 2.78. The van der Waals surface area contributed by atoms with E-state index in [1.54, 1.807) is 13.3 Å². The monoisotopic (exact) mass is 287 g/mol. The standard InChI is InChI=1S/C14H26ClN3O/c1-4-5-6-7-8-13(16-2)14-12(15)11-17-18(14)9-10-19-3/h11,13,16H,4-10H2,1-3H3. The van der Waals surface area contributed by atoms with Crippen molar-refractivity contribution in [2.75, 3.05) is 20.8 Å². The van der Waals surface area contributed by atoms with Crippen molar-refractivity contribution >= 4 is 11.6 Å². The number of rotatable bonds is 10. The molecular weight excluding hydrogens is 262 g/mol. The highest BCUT2D eigenvalue weighted by Crippen LogP contribution is 2.26. The lowest BCUT2D eigenvalue weighted by Gasteiger charge is -2.18. The zero-order chi connectivity index (χ0) is 14.1. The molecule has 1 rings (SSSR count). The van der Waals surface area contributed by atoms with E-state index < -0.39 is 0 Å². The number of nitrogens with zero attached hydrogens (tertiary/aromatic N) is 2. The number of methoxy groups -OCH3 is 1. The van der Waals surface area contributed by atoms with E-state index in [0.29, 0.717) is 6.61 Å². The third-order valence-corrected chi connectivity index (χ3v) is 3.66. The lowest BCUT2D eigenvalue weighted by Crippen LogP contribution is -2.22. The van der Waals surface area contributed by atoms with E-state index in [1.807, 2.05) is 11.7 Å². The van der Waals surface area contributed by atoms with Gasteiger partial charge in [0.15, 0.2) is 0 Å². The Kier molecular flexibility index (Phi) is 8.10. The SMILES string of the molecule is CCCCCCC(NC)c1c(Cl)cnn1CCOC. The maximum absolute atomic E-state index is 6.27. The van der Waals surface area contributed by atoms with Crippen LogP contribution in [0.25, 0.3) is 0 Å². The molecule has 0 aliphatic heterocycles. The van der Waals surface area contributed by atoms with Crippen LogP contribution in [0.4, 0.5) is 0 Å². The molecule has 0 saturated heterocycles. The van der Waals surface area contributed by atoms with E-state index in [0.717, 1.165) is 23.7 Å². The largest absolute Gasteiger partial charge is 0.383 e. The van der Waals surface area contributed by atoms with Gasteiger partial charge in [-0.2, -0.15) is 5.10 Å². The van der Waals surface area contributed by atoms with Gasteiger partial charge in [0.25, 0.3) is 0 Å². The molecule has 0 aromatic carbocycles. The summed E-state index contributed by atoms with van der Waals surface area (Å²) >= 11 is 6.27. The summed E-state index contributed by atoms with van der Waals surface area (Å²) < 4.78 is 7.06. The van der Waals surface area contributed by atoms with Crippen LogP contribution in [-0.2, 0) is 11.3 Å². The van der Waals surface area contributed by atoms with Crippen LogP contribution in [0.3, 0.4) is 0 Å². The number of nitrogens with one attached hydrogen (secondary N) is 1. The van der Waals surface area contributed by atoms with Gasteiger partial charge in [-0.25, -0.2) is 0 Å². The van der Waals surface area contributed by atoms with Crippen LogP contribution in [0.5, 0.6) is 0 Å². The van der Waals surface area contributed by atoms with Crippen molar-refractivity contribution in [3.8, 4) is 0 Å². The molecule has 0 aliphatic rings. The van der Waals surface area contributed by atoms with E-state index in [4.69, 9.17) is 16.3 Å². The van der Waals surface area contributed by atoms with E-state index >= 15 is 0 Å². The summed E-state index contributed by atoms with van der Waals surface area (Å²) in [6.45, 7) is 3.62. The van der Waals surface area contributed by atoms with E-state index in [2.05, 4.69) is 17.3 Å². The maximum Gasteiger partial charge on any atom is 0.0834 e. The number of ether oxygens (including phenoxy) is 1. The quantitative estimate of drug-likeness (QED) is 0.670. The molecule has 1 atom stereocenters. The molecule has 5 heteroatoms. The Morgan fingerprint density at radius 1 is 1.42 bits per heavy atom. The Bertz CT molecular complexity index is 354. The van der Waals surface area contributed by atoms with Crippen molar-refractivity contribution in [3.05, 3.63) is 16.9 Å². The fourth-order valence-electron chi connectivity index (χ4n) is 2.27. The first-order chi connectivity index (χ1) is 9.24. The Morgan fingerprint density at radius 3 is 2.84 bits per heavy atom. The maximum atomic E-state index is 6.27. The molecule has 0 fully saturated rings. The Hall–Kier alpha value is -0.580. The van der Waals surface area contributed by atoms with Crippen molar-refractivity contribution in [1.82, 2.24) is 15.1 Å². The molecule has 0 radical (unpaired) electrons. The second kappa shape index (κ2) is 9.34. The zero-order valence-electron chi connectivity index (χ0n) is 12.3. The van der Waals surface area contributed by atoms with Gasteiger partial charge in [0, 0.05) is 7.11 Å². The smallest absolute Gasteiger partial charge is 0.0834 e. The molecule has 110 valence electrons. The minimum atomic E-state index is 0.267.